The zero-order valence-corrected chi connectivity index (χ0v) is 16.6. The molecule has 1 saturated carbocycles. The predicted molar refractivity (Wildman–Crippen MR) is 114 cm³/mol. The zero-order valence-electron chi connectivity index (χ0n) is 15.8. The summed E-state index contributed by atoms with van der Waals surface area (Å²) in [6.45, 7) is 3.46. The number of halogens is 1. The van der Waals surface area contributed by atoms with Gasteiger partial charge in [-0.1, -0.05) is 36.7 Å². The SMILES string of the molecule is C=CC(=O)Nc1ccccc1Nc1nc(NC2CCCC(C(N)=O)C2)ncc1Cl. The van der Waals surface area contributed by atoms with Crippen molar-refractivity contribution in [1.82, 2.24) is 9.97 Å². The molecule has 1 aromatic carbocycles. The molecule has 5 N–H and O–H groups in total. The normalized spacial score (nSPS) is 18.5. The number of amides is 2. The minimum Gasteiger partial charge on any atom is -0.369 e. The molecule has 0 bridgehead atoms. The molecule has 2 atom stereocenters. The number of para-hydroxylation sites is 2. The number of nitrogens with two attached hydrogens (primary N) is 1. The van der Waals surface area contributed by atoms with Crippen molar-refractivity contribution in [2.75, 3.05) is 16.0 Å². The Bertz CT molecular complexity index is 920. The van der Waals surface area contributed by atoms with Crippen molar-refractivity contribution in [3.05, 3.63) is 48.1 Å². The number of nitrogens with zero attached hydrogens (tertiary/aromatic N) is 2. The fourth-order valence-electron chi connectivity index (χ4n) is 3.30. The molecule has 1 heterocycles. The fraction of sp³-hybridized carbons (Fsp3) is 0.300. The van der Waals surface area contributed by atoms with Gasteiger partial charge in [0.2, 0.25) is 17.8 Å². The number of benzene rings is 1. The number of anilines is 4. The molecule has 0 radical (unpaired) electrons. The molecule has 9 heteroatoms. The van der Waals surface area contributed by atoms with Gasteiger partial charge in [-0.2, -0.15) is 4.98 Å². The lowest BCUT2D eigenvalue weighted by Gasteiger charge is -2.28. The number of hydrogen-bond donors (Lipinski definition) is 4. The summed E-state index contributed by atoms with van der Waals surface area (Å²) < 4.78 is 0. The Balaban J connectivity index is 1.76. The van der Waals surface area contributed by atoms with Gasteiger partial charge in [0.05, 0.1) is 17.6 Å². The minimum atomic E-state index is -0.323. The molecule has 1 aliphatic rings. The van der Waals surface area contributed by atoms with Crippen LogP contribution in [0.2, 0.25) is 5.02 Å². The first-order chi connectivity index (χ1) is 14.0. The number of hydrogen-bond acceptors (Lipinski definition) is 6. The molecular weight excluding hydrogens is 392 g/mol. The van der Waals surface area contributed by atoms with Crippen LogP contribution in [0.25, 0.3) is 0 Å². The number of rotatable bonds is 7. The molecule has 2 amide bonds. The van der Waals surface area contributed by atoms with Gasteiger partial charge in [0.15, 0.2) is 5.82 Å². The van der Waals surface area contributed by atoms with Crippen LogP contribution in [0.3, 0.4) is 0 Å². The average molecular weight is 415 g/mol. The summed E-state index contributed by atoms with van der Waals surface area (Å²) >= 11 is 6.26. The molecule has 3 rings (SSSR count). The third-order valence-corrected chi connectivity index (χ3v) is 5.05. The molecule has 0 aliphatic heterocycles. The second kappa shape index (κ2) is 9.38. The summed E-state index contributed by atoms with van der Waals surface area (Å²) in [5.74, 6) is 0.0728. The fourth-order valence-corrected chi connectivity index (χ4v) is 3.44. The van der Waals surface area contributed by atoms with Crippen LogP contribution in [0.15, 0.2) is 43.1 Å². The van der Waals surface area contributed by atoms with Crippen LogP contribution in [0.1, 0.15) is 25.7 Å². The first-order valence-electron chi connectivity index (χ1n) is 9.34. The first kappa shape index (κ1) is 20.6. The summed E-state index contributed by atoms with van der Waals surface area (Å²) in [6, 6.07) is 7.24. The topological polar surface area (TPSA) is 122 Å². The quantitative estimate of drug-likeness (QED) is 0.514. The van der Waals surface area contributed by atoms with E-state index in [0.717, 1.165) is 19.3 Å². The van der Waals surface area contributed by atoms with Crippen LogP contribution in [-0.2, 0) is 9.59 Å². The van der Waals surface area contributed by atoms with E-state index >= 15 is 0 Å². The Morgan fingerprint density at radius 3 is 2.72 bits per heavy atom. The number of carbonyl (C=O) groups is 2. The standard InChI is InChI=1S/C20H23ClN6O2/c1-2-17(28)25-15-8-3-4-9-16(15)26-19-14(21)11-23-20(27-19)24-13-7-5-6-12(10-13)18(22)29/h2-4,8-9,11-13H,1,5-7,10H2,(H2,22,29)(H,25,28)(H2,23,24,26,27). The lowest BCUT2D eigenvalue weighted by atomic mass is 9.85. The molecule has 29 heavy (non-hydrogen) atoms. The van der Waals surface area contributed by atoms with Crippen molar-refractivity contribution < 1.29 is 9.59 Å². The van der Waals surface area contributed by atoms with E-state index < -0.39 is 0 Å². The van der Waals surface area contributed by atoms with Gasteiger partial charge in [-0.05, 0) is 37.5 Å². The van der Waals surface area contributed by atoms with E-state index in [-0.39, 0.29) is 23.8 Å². The first-order valence-corrected chi connectivity index (χ1v) is 9.72. The molecule has 2 aromatic rings. The molecule has 1 aliphatic carbocycles. The molecule has 1 fully saturated rings. The maximum atomic E-state index is 11.7. The Hall–Kier alpha value is -3.13. The summed E-state index contributed by atoms with van der Waals surface area (Å²) in [5, 5.41) is 9.45. The summed E-state index contributed by atoms with van der Waals surface area (Å²) in [4.78, 5) is 31.8. The van der Waals surface area contributed by atoms with Crippen LogP contribution in [0, 0.1) is 5.92 Å². The lowest BCUT2D eigenvalue weighted by molar-refractivity contribution is -0.122. The second-order valence-corrected chi connectivity index (χ2v) is 7.27. The minimum absolute atomic E-state index is 0.0643. The Morgan fingerprint density at radius 1 is 1.24 bits per heavy atom. The third-order valence-electron chi connectivity index (χ3n) is 4.78. The van der Waals surface area contributed by atoms with E-state index in [4.69, 9.17) is 17.3 Å². The van der Waals surface area contributed by atoms with Crippen molar-refractivity contribution in [2.45, 2.75) is 31.7 Å². The van der Waals surface area contributed by atoms with Crippen LogP contribution >= 0.6 is 11.6 Å². The van der Waals surface area contributed by atoms with E-state index in [1.54, 1.807) is 18.2 Å². The molecule has 152 valence electrons. The van der Waals surface area contributed by atoms with Crippen molar-refractivity contribution in [2.24, 2.45) is 11.7 Å². The van der Waals surface area contributed by atoms with Crippen molar-refractivity contribution in [1.29, 1.82) is 0 Å². The Labute approximate surface area is 173 Å². The van der Waals surface area contributed by atoms with Crippen LogP contribution in [-0.4, -0.2) is 27.8 Å². The van der Waals surface area contributed by atoms with Crippen molar-refractivity contribution in [3.63, 3.8) is 0 Å². The van der Waals surface area contributed by atoms with Gasteiger partial charge in [0.1, 0.15) is 5.02 Å². The highest BCUT2D eigenvalue weighted by atomic mass is 35.5. The maximum Gasteiger partial charge on any atom is 0.247 e. The van der Waals surface area contributed by atoms with E-state index in [1.165, 1.54) is 12.3 Å². The van der Waals surface area contributed by atoms with Gasteiger partial charge >= 0.3 is 0 Å². The third kappa shape index (κ3) is 5.45. The van der Waals surface area contributed by atoms with E-state index in [1.807, 2.05) is 6.07 Å². The van der Waals surface area contributed by atoms with Gasteiger partial charge in [-0.25, -0.2) is 4.98 Å². The predicted octanol–water partition coefficient (Wildman–Crippen LogP) is 3.45. The molecule has 1 aromatic heterocycles. The largest absolute Gasteiger partial charge is 0.369 e. The Morgan fingerprint density at radius 2 is 2.00 bits per heavy atom. The van der Waals surface area contributed by atoms with Gasteiger partial charge in [0, 0.05) is 12.0 Å². The number of carbonyl (C=O) groups excluding carboxylic acids is 2. The van der Waals surface area contributed by atoms with Gasteiger partial charge in [-0.15, -0.1) is 0 Å². The summed E-state index contributed by atoms with van der Waals surface area (Å²) in [5.41, 5.74) is 6.64. The van der Waals surface area contributed by atoms with Crippen molar-refractivity contribution in [3.8, 4) is 0 Å². The average Bonchev–Trinajstić information content (AvgIpc) is 2.72. The smallest absolute Gasteiger partial charge is 0.247 e. The molecule has 2 unspecified atom stereocenters. The molecule has 0 saturated heterocycles. The van der Waals surface area contributed by atoms with Crippen LogP contribution in [0.4, 0.5) is 23.1 Å². The second-order valence-electron chi connectivity index (χ2n) is 6.86. The summed E-state index contributed by atoms with van der Waals surface area (Å²) in [6.07, 6.45) is 5.99. The number of primary amides is 1. The number of nitrogens with one attached hydrogen (secondary N) is 3. The molecular formula is C20H23ClN6O2. The molecule has 0 spiro atoms. The van der Waals surface area contributed by atoms with Gasteiger partial charge in [0.25, 0.3) is 0 Å². The maximum absolute atomic E-state index is 11.7. The monoisotopic (exact) mass is 414 g/mol. The highest BCUT2D eigenvalue weighted by Gasteiger charge is 2.26. The van der Waals surface area contributed by atoms with E-state index in [2.05, 4.69) is 32.5 Å². The zero-order chi connectivity index (χ0) is 20.8. The van der Waals surface area contributed by atoms with Gasteiger partial charge in [-0.3, -0.25) is 9.59 Å². The summed E-state index contributed by atoms with van der Waals surface area (Å²) in [7, 11) is 0. The van der Waals surface area contributed by atoms with E-state index in [0.29, 0.717) is 34.6 Å². The van der Waals surface area contributed by atoms with Crippen molar-refractivity contribution >= 4 is 46.6 Å². The van der Waals surface area contributed by atoms with Crippen LogP contribution < -0.4 is 21.7 Å². The highest BCUT2D eigenvalue weighted by Crippen LogP contribution is 2.30. The molecule has 8 nitrogen and oxygen atoms in total. The lowest BCUT2D eigenvalue weighted by Crippen LogP contribution is -2.34. The number of aromatic nitrogens is 2. The van der Waals surface area contributed by atoms with E-state index in [9.17, 15) is 9.59 Å². The Kier molecular flexibility index (Phi) is 6.66. The van der Waals surface area contributed by atoms with Gasteiger partial charge < -0.3 is 21.7 Å². The van der Waals surface area contributed by atoms with Crippen LogP contribution in [0.5, 0.6) is 0 Å². The highest BCUT2D eigenvalue weighted by molar-refractivity contribution is 6.33.